The van der Waals surface area contributed by atoms with Gasteiger partial charge in [0.25, 0.3) is 10.0 Å². The highest BCUT2D eigenvalue weighted by molar-refractivity contribution is 7.92. The fourth-order valence-electron chi connectivity index (χ4n) is 3.73. The van der Waals surface area contributed by atoms with Gasteiger partial charge >= 0.3 is 0 Å². The molecule has 3 aromatic carbocycles. The van der Waals surface area contributed by atoms with Gasteiger partial charge in [0.05, 0.1) is 20.6 Å². The first kappa shape index (κ1) is 28.8. The Hall–Kier alpha value is -2.78. The maximum Gasteiger partial charge on any atom is 0.264 e. The summed E-state index contributed by atoms with van der Waals surface area (Å²) in [6.45, 7) is 2.67. The van der Waals surface area contributed by atoms with E-state index in [9.17, 15) is 18.0 Å². The molecule has 0 heterocycles. The number of hydrogen-bond acceptors (Lipinski definition) is 4. The maximum absolute atomic E-state index is 13.8. The first-order valence-corrected chi connectivity index (χ1v) is 13.8. The average molecular weight is 583 g/mol. The number of anilines is 1. The number of likely N-dealkylation sites (N-methyl/N-ethyl adjacent to an activating group) is 1. The molecule has 0 aliphatic carbocycles. The van der Waals surface area contributed by atoms with Crippen LogP contribution in [0.3, 0.4) is 0 Å². The highest BCUT2D eigenvalue weighted by Gasteiger charge is 2.33. The number of rotatable bonds is 9. The normalized spacial score (nSPS) is 12.1. The van der Waals surface area contributed by atoms with E-state index in [1.54, 1.807) is 68.4 Å². The van der Waals surface area contributed by atoms with Gasteiger partial charge in [-0.2, -0.15) is 0 Å². The highest BCUT2D eigenvalue weighted by Crippen LogP contribution is 2.31. The van der Waals surface area contributed by atoms with Crippen molar-refractivity contribution in [3.63, 3.8) is 0 Å². The van der Waals surface area contributed by atoms with Gasteiger partial charge in [0.1, 0.15) is 12.6 Å². The molecule has 0 radical (unpaired) electrons. The Balaban J connectivity index is 2.07. The minimum Gasteiger partial charge on any atom is -0.357 e. The Bertz CT molecular complexity index is 1400. The van der Waals surface area contributed by atoms with E-state index in [1.165, 1.54) is 24.1 Å². The van der Waals surface area contributed by atoms with Gasteiger partial charge in [-0.05, 0) is 61.4 Å². The third-order valence-electron chi connectivity index (χ3n) is 5.87. The molecule has 11 heteroatoms. The van der Waals surface area contributed by atoms with E-state index in [-0.39, 0.29) is 17.1 Å². The lowest BCUT2D eigenvalue weighted by Crippen LogP contribution is -2.50. The number of nitrogens with one attached hydrogen (secondary N) is 1. The summed E-state index contributed by atoms with van der Waals surface area (Å²) in [6.07, 6.45) is 0. The van der Waals surface area contributed by atoms with Crippen molar-refractivity contribution in [3.05, 3.63) is 92.9 Å². The summed E-state index contributed by atoms with van der Waals surface area (Å²) >= 11 is 18.5. The first-order chi connectivity index (χ1) is 17.5. The summed E-state index contributed by atoms with van der Waals surface area (Å²) in [5.41, 5.74) is 1.37. The van der Waals surface area contributed by atoms with Crippen LogP contribution in [0.5, 0.6) is 0 Å². The van der Waals surface area contributed by atoms with Crippen LogP contribution in [0.1, 0.15) is 18.1 Å². The molecule has 0 saturated heterocycles. The molecule has 2 amide bonds. The van der Waals surface area contributed by atoms with Gasteiger partial charge in [0, 0.05) is 18.6 Å². The lowest BCUT2D eigenvalue weighted by atomic mass is 10.1. The lowest BCUT2D eigenvalue weighted by Gasteiger charge is -2.32. The van der Waals surface area contributed by atoms with Crippen LogP contribution in [-0.2, 0) is 26.2 Å². The monoisotopic (exact) mass is 581 g/mol. The highest BCUT2D eigenvalue weighted by atomic mass is 35.5. The number of carbonyl (C=O) groups excluding carboxylic acids is 2. The molecule has 3 aromatic rings. The average Bonchev–Trinajstić information content (AvgIpc) is 2.89. The Morgan fingerprint density at radius 2 is 1.59 bits per heavy atom. The molecule has 37 heavy (non-hydrogen) atoms. The van der Waals surface area contributed by atoms with Crippen LogP contribution < -0.4 is 9.62 Å². The first-order valence-electron chi connectivity index (χ1n) is 11.2. The van der Waals surface area contributed by atoms with Crippen LogP contribution in [0.4, 0.5) is 5.69 Å². The Morgan fingerprint density at radius 1 is 0.919 bits per heavy atom. The van der Waals surface area contributed by atoms with Crippen LogP contribution in [0.15, 0.2) is 71.6 Å². The quantitative estimate of drug-likeness (QED) is 0.370. The van der Waals surface area contributed by atoms with Crippen molar-refractivity contribution in [1.82, 2.24) is 10.2 Å². The van der Waals surface area contributed by atoms with E-state index < -0.39 is 34.4 Å². The molecule has 7 nitrogen and oxygen atoms in total. The van der Waals surface area contributed by atoms with Gasteiger partial charge in [-0.3, -0.25) is 13.9 Å². The molecule has 196 valence electrons. The van der Waals surface area contributed by atoms with Crippen molar-refractivity contribution < 1.29 is 18.0 Å². The summed E-state index contributed by atoms with van der Waals surface area (Å²) in [7, 11) is -2.71. The van der Waals surface area contributed by atoms with E-state index in [0.29, 0.717) is 26.2 Å². The van der Waals surface area contributed by atoms with Gasteiger partial charge in [-0.1, -0.05) is 65.1 Å². The van der Waals surface area contributed by atoms with E-state index >= 15 is 0 Å². The molecule has 1 atom stereocenters. The number of hydrogen-bond donors (Lipinski definition) is 1. The summed E-state index contributed by atoms with van der Waals surface area (Å²) < 4.78 is 28.5. The smallest absolute Gasteiger partial charge is 0.264 e. The number of carbonyl (C=O) groups is 2. The maximum atomic E-state index is 13.8. The number of sulfonamides is 1. The number of benzene rings is 3. The van der Waals surface area contributed by atoms with Crippen LogP contribution in [0.2, 0.25) is 15.1 Å². The Morgan fingerprint density at radius 3 is 2.22 bits per heavy atom. The minimum absolute atomic E-state index is 0.00192. The van der Waals surface area contributed by atoms with Gasteiger partial charge in [0.2, 0.25) is 11.8 Å². The van der Waals surface area contributed by atoms with Gasteiger partial charge in [-0.25, -0.2) is 8.42 Å². The van der Waals surface area contributed by atoms with Crippen molar-refractivity contribution in [1.29, 1.82) is 0 Å². The molecular formula is C26H26Cl3N3O4S. The molecule has 0 aliphatic rings. The topological polar surface area (TPSA) is 86.8 Å². The van der Waals surface area contributed by atoms with Crippen LogP contribution in [0.25, 0.3) is 0 Å². The third kappa shape index (κ3) is 6.57. The number of nitrogens with zero attached hydrogens (tertiary/aromatic N) is 2. The van der Waals surface area contributed by atoms with Crippen molar-refractivity contribution >= 4 is 62.3 Å². The molecule has 0 aliphatic heterocycles. The molecular weight excluding hydrogens is 557 g/mol. The van der Waals surface area contributed by atoms with Crippen LogP contribution in [0, 0.1) is 6.92 Å². The predicted molar refractivity (Wildman–Crippen MR) is 148 cm³/mol. The lowest BCUT2D eigenvalue weighted by molar-refractivity contribution is -0.139. The van der Waals surface area contributed by atoms with Crippen LogP contribution in [-0.4, -0.2) is 44.8 Å². The zero-order valence-electron chi connectivity index (χ0n) is 20.4. The molecule has 3 rings (SSSR count). The number of halogens is 3. The van der Waals surface area contributed by atoms with Crippen molar-refractivity contribution in [2.45, 2.75) is 31.3 Å². The molecule has 0 spiro atoms. The predicted octanol–water partition coefficient (Wildman–Crippen LogP) is 5.31. The molecule has 0 bridgehead atoms. The van der Waals surface area contributed by atoms with E-state index in [1.807, 2.05) is 0 Å². The van der Waals surface area contributed by atoms with Crippen molar-refractivity contribution in [2.75, 3.05) is 17.9 Å². The van der Waals surface area contributed by atoms with E-state index in [2.05, 4.69) is 5.32 Å². The summed E-state index contributed by atoms with van der Waals surface area (Å²) in [4.78, 5) is 27.6. The fraction of sp³-hybridized carbons (Fsp3) is 0.231. The largest absolute Gasteiger partial charge is 0.357 e. The summed E-state index contributed by atoms with van der Waals surface area (Å²) in [5.74, 6) is -1.01. The van der Waals surface area contributed by atoms with Crippen molar-refractivity contribution in [3.8, 4) is 0 Å². The zero-order chi connectivity index (χ0) is 27.3. The molecule has 0 saturated carbocycles. The Kier molecular flexibility index (Phi) is 9.47. The van der Waals surface area contributed by atoms with Gasteiger partial charge in [0.15, 0.2) is 0 Å². The summed E-state index contributed by atoms with van der Waals surface area (Å²) in [5, 5.41) is 3.53. The third-order valence-corrected chi connectivity index (χ3v) is 8.79. The fourth-order valence-corrected chi connectivity index (χ4v) is 5.71. The van der Waals surface area contributed by atoms with Crippen molar-refractivity contribution in [2.24, 2.45) is 0 Å². The Labute approximate surface area is 232 Å². The van der Waals surface area contributed by atoms with Gasteiger partial charge in [-0.15, -0.1) is 0 Å². The second-order valence-corrected chi connectivity index (χ2v) is 11.4. The van der Waals surface area contributed by atoms with E-state index in [4.69, 9.17) is 34.8 Å². The molecule has 1 N–H and O–H groups in total. The van der Waals surface area contributed by atoms with Gasteiger partial charge < -0.3 is 10.2 Å². The molecule has 0 unspecified atom stereocenters. The second kappa shape index (κ2) is 12.2. The SMILES string of the molecule is CNC(=O)[C@H](C)N(Cc1ccc(Cl)c(Cl)c1)C(=O)CN(c1cccc(Cl)c1C)S(=O)(=O)c1ccccc1. The molecule has 0 fully saturated rings. The molecule has 0 aromatic heterocycles. The number of amides is 2. The standard InChI is InChI=1S/C26H26Cl3N3O4S/c1-17-21(27)10-7-11-24(17)32(37(35,36)20-8-5-4-6-9-20)16-25(33)31(18(2)26(34)30-3)15-19-12-13-22(28)23(29)14-19/h4-14,18H,15-16H2,1-3H3,(H,30,34)/t18-/m0/s1. The van der Waals surface area contributed by atoms with E-state index in [0.717, 1.165) is 4.31 Å². The minimum atomic E-state index is -4.17. The summed E-state index contributed by atoms with van der Waals surface area (Å²) in [6, 6.07) is 16.6. The zero-order valence-corrected chi connectivity index (χ0v) is 23.5. The second-order valence-electron chi connectivity index (χ2n) is 8.27. The van der Waals surface area contributed by atoms with Crippen LogP contribution >= 0.6 is 34.8 Å².